The van der Waals surface area contributed by atoms with Gasteiger partial charge in [-0.15, -0.1) is 0 Å². The second kappa shape index (κ2) is 9.56. The van der Waals surface area contributed by atoms with Crippen LogP contribution in [0.3, 0.4) is 0 Å². The number of urea groups is 1. The molecule has 0 radical (unpaired) electrons. The SMILES string of the molecule is COc1ccc(S(N)(=O)=O)cc1NC(=O)CCNC(=O)NC1CCCCC1. The Morgan fingerprint density at radius 3 is 2.56 bits per heavy atom. The molecule has 2 rings (SSSR count). The van der Waals surface area contributed by atoms with Crippen molar-refractivity contribution in [3.05, 3.63) is 18.2 Å². The Morgan fingerprint density at radius 2 is 1.93 bits per heavy atom. The van der Waals surface area contributed by atoms with Crippen LogP contribution < -0.4 is 25.8 Å². The van der Waals surface area contributed by atoms with Gasteiger partial charge in [0.05, 0.1) is 17.7 Å². The Kier molecular flexibility index (Phi) is 7.43. The molecular weight excluding hydrogens is 372 g/mol. The molecule has 0 aromatic heterocycles. The molecule has 27 heavy (non-hydrogen) atoms. The van der Waals surface area contributed by atoms with Crippen molar-refractivity contribution in [3.8, 4) is 5.75 Å². The summed E-state index contributed by atoms with van der Waals surface area (Å²) in [6.45, 7) is 0.154. The molecule has 1 aliphatic carbocycles. The first-order valence-corrected chi connectivity index (χ1v) is 10.4. The van der Waals surface area contributed by atoms with E-state index in [9.17, 15) is 18.0 Å². The maximum Gasteiger partial charge on any atom is 0.315 e. The molecule has 0 bridgehead atoms. The van der Waals surface area contributed by atoms with Gasteiger partial charge in [0, 0.05) is 19.0 Å². The molecule has 0 saturated heterocycles. The van der Waals surface area contributed by atoms with Crippen molar-refractivity contribution in [2.24, 2.45) is 5.14 Å². The number of nitrogens with one attached hydrogen (secondary N) is 3. The molecular formula is C17H26N4O5S. The van der Waals surface area contributed by atoms with Crippen molar-refractivity contribution in [2.45, 2.75) is 49.5 Å². The Bertz CT molecular complexity index is 776. The number of hydrogen-bond donors (Lipinski definition) is 4. The number of primary sulfonamides is 1. The molecule has 3 amide bonds. The van der Waals surface area contributed by atoms with E-state index >= 15 is 0 Å². The standard InChI is InChI=1S/C17H26N4O5S/c1-26-15-8-7-13(27(18,24)25)11-14(15)21-16(22)9-10-19-17(23)20-12-5-3-2-4-6-12/h7-8,11-12H,2-6,9-10H2,1H3,(H,21,22)(H2,18,24,25)(H2,19,20,23). The molecule has 10 heteroatoms. The van der Waals surface area contributed by atoms with E-state index in [1.807, 2.05) is 0 Å². The second-order valence-corrected chi connectivity index (χ2v) is 8.00. The van der Waals surface area contributed by atoms with Crippen LogP contribution in [-0.4, -0.2) is 40.1 Å². The van der Waals surface area contributed by atoms with Crippen molar-refractivity contribution in [2.75, 3.05) is 19.0 Å². The van der Waals surface area contributed by atoms with E-state index in [1.165, 1.54) is 31.7 Å². The number of anilines is 1. The predicted molar refractivity (Wildman–Crippen MR) is 101 cm³/mol. The average Bonchev–Trinajstić information content (AvgIpc) is 2.61. The zero-order chi connectivity index (χ0) is 19.9. The van der Waals surface area contributed by atoms with E-state index in [-0.39, 0.29) is 35.6 Å². The first-order chi connectivity index (χ1) is 12.8. The molecule has 1 saturated carbocycles. The zero-order valence-electron chi connectivity index (χ0n) is 15.3. The van der Waals surface area contributed by atoms with Gasteiger partial charge in [-0.25, -0.2) is 18.4 Å². The van der Waals surface area contributed by atoms with Gasteiger partial charge in [0.2, 0.25) is 15.9 Å². The summed E-state index contributed by atoms with van der Waals surface area (Å²) in [6, 6.07) is 3.84. The summed E-state index contributed by atoms with van der Waals surface area (Å²) in [7, 11) is -2.50. The lowest BCUT2D eigenvalue weighted by Gasteiger charge is -2.22. The number of nitrogens with two attached hydrogens (primary N) is 1. The van der Waals surface area contributed by atoms with Crippen LogP contribution in [-0.2, 0) is 14.8 Å². The molecule has 9 nitrogen and oxygen atoms in total. The van der Waals surface area contributed by atoms with E-state index in [4.69, 9.17) is 9.88 Å². The Balaban J connectivity index is 1.83. The number of benzene rings is 1. The fourth-order valence-electron chi connectivity index (χ4n) is 2.95. The normalized spacial score (nSPS) is 15.0. The molecule has 1 fully saturated rings. The topological polar surface area (TPSA) is 140 Å². The minimum Gasteiger partial charge on any atom is -0.495 e. The molecule has 0 spiro atoms. The first-order valence-electron chi connectivity index (χ1n) is 8.84. The molecule has 1 aliphatic rings. The quantitative estimate of drug-likeness (QED) is 0.548. The van der Waals surface area contributed by atoms with Crippen molar-refractivity contribution in [1.29, 1.82) is 0 Å². The van der Waals surface area contributed by atoms with Crippen LogP contribution in [0.15, 0.2) is 23.1 Å². The molecule has 1 aromatic rings. The molecule has 0 atom stereocenters. The van der Waals surface area contributed by atoms with E-state index < -0.39 is 15.9 Å². The van der Waals surface area contributed by atoms with Gasteiger partial charge in [0.1, 0.15) is 5.75 Å². The summed E-state index contributed by atoms with van der Waals surface area (Å²) in [5, 5.41) is 13.2. The maximum absolute atomic E-state index is 12.1. The number of methoxy groups -OCH3 is 1. The largest absolute Gasteiger partial charge is 0.495 e. The van der Waals surface area contributed by atoms with Gasteiger partial charge in [0.25, 0.3) is 0 Å². The van der Waals surface area contributed by atoms with E-state index in [0.717, 1.165) is 25.7 Å². The second-order valence-electron chi connectivity index (χ2n) is 6.44. The first kappa shape index (κ1) is 21.0. The predicted octanol–water partition coefficient (Wildman–Crippen LogP) is 1.30. The number of amides is 3. The number of rotatable bonds is 7. The van der Waals surface area contributed by atoms with Gasteiger partial charge in [0.15, 0.2) is 0 Å². The molecule has 5 N–H and O–H groups in total. The van der Waals surface area contributed by atoms with Crippen LogP contribution >= 0.6 is 0 Å². The molecule has 1 aromatic carbocycles. The number of carbonyl (C=O) groups excluding carboxylic acids is 2. The van der Waals surface area contributed by atoms with E-state index in [0.29, 0.717) is 5.75 Å². The zero-order valence-corrected chi connectivity index (χ0v) is 16.1. The van der Waals surface area contributed by atoms with Crippen molar-refractivity contribution in [3.63, 3.8) is 0 Å². The summed E-state index contributed by atoms with van der Waals surface area (Å²) in [5.41, 5.74) is 0.195. The monoisotopic (exact) mass is 398 g/mol. The third-order valence-electron chi connectivity index (χ3n) is 4.35. The lowest BCUT2D eigenvalue weighted by atomic mass is 9.96. The smallest absolute Gasteiger partial charge is 0.315 e. The summed E-state index contributed by atoms with van der Waals surface area (Å²) in [6.07, 6.45) is 5.43. The van der Waals surface area contributed by atoms with E-state index in [1.54, 1.807) is 0 Å². The fraction of sp³-hybridized carbons (Fsp3) is 0.529. The van der Waals surface area contributed by atoms with Crippen molar-refractivity contribution < 1.29 is 22.7 Å². The summed E-state index contributed by atoms with van der Waals surface area (Å²) < 4.78 is 28.0. The van der Waals surface area contributed by atoms with Gasteiger partial charge in [-0.1, -0.05) is 19.3 Å². The van der Waals surface area contributed by atoms with Gasteiger partial charge in [-0.2, -0.15) is 0 Å². The van der Waals surface area contributed by atoms with Crippen LogP contribution in [0.2, 0.25) is 0 Å². The lowest BCUT2D eigenvalue weighted by Crippen LogP contribution is -2.43. The Labute approximate surface area is 159 Å². The number of sulfonamides is 1. The van der Waals surface area contributed by atoms with Crippen LogP contribution in [0.5, 0.6) is 5.75 Å². The highest BCUT2D eigenvalue weighted by Gasteiger charge is 2.16. The number of ether oxygens (including phenoxy) is 1. The summed E-state index contributed by atoms with van der Waals surface area (Å²) in [5.74, 6) is -0.0865. The lowest BCUT2D eigenvalue weighted by molar-refractivity contribution is -0.116. The number of hydrogen-bond acceptors (Lipinski definition) is 5. The van der Waals surface area contributed by atoms with Gasteiger partial charge in [-0.05, 0) is 31.0 Å². The van der Waals surface area contributed by atoms with Gasteiger partial charge >= 0.3 is 6.03 Å². The van der Waals surface area contributed by atoms with Crippen molar-refractivity contribution >= 4 is 27.6 Å². The van der Waals surface area contributed by atoms with Crippen LogP contribution in [0.4, 0.5) is 10.5 Å². The Hall–Kier alpha value is -2.33. The van der Waals surface area contributed by atoms with Crippen LogP contribution in [0.1, 0.15) is 38.5 Å². The van der Waals surface area contributed by atoms with Gasteiger partial charge < -0.3 is 20.7 Å². The molecule has 0 unspecified atom stereocenters. The number of carbonyl (C=O) groups is 2. The minimum atomic E-state index is -3.90. The van der Waals surface area contributed by atoms with Crippen LogP contribution in [0.25, 0.3) is 0 Å². The summed E-state index contributed by atoms with van der Waals surface area (Å²) in [4.78, 5) is 23.8. The van der Waals surface area contributed by atoms with E-state index in [2.05, 4.69) is 16.0 Å². The van der Waals surface area contributed by atoms with Crippen LogP contribution in [0, 0.1) is 0 Å². The van der Waals surface area contributed by atoms with Gasteiger partial charge in [-0.3, -0.25) is 4.79 Å². The minimum absolute atomic E-state index is 0.0286. The average molecular weight is 398 g/mol. The third-order valence-corrected chi connectivity index (χ3v) is 5.26. The van der Waals surface area contributed by atoms with Crippen molar-refractivity contribution in [1.82, 2.24) is 10.6 Å². The fourth-order valence-corrected chi connectivity index (χ4v) is 3.49. The highest BCUT2D eigenvalue weighted by molar-refractivity contribution is 7.89. The summed E-state index contributed by atoms with van der Waals surface area (Å²) >= 11 is 0. The highest BCUT2D eigenvalue weighted by atomic mass is 32.2. The highest BCUT2D eigenvalue weighted by Crippen LogP contribution is 2.27. The maximum atomic E-state index is 12.1. The third kappa shape index (κ3) is 6.72. The molecule has 0 heterocycles. The molecule has 0 aliphatic heterocycles. The Morgan fingerprint density at radius 1 is 1.22 bits per heavy atom. The molecule has 150 valence electrons.